The molecule has 1 aliphatic carbocycles. The van der Waals surface area contributed by atoms with E-state index in [4.69, 9.17) is 4.74 Å². The normalized spacial score (nSPS) is 14.0. The van der Waals surface area contributed by atoms with Crippen LogP contribution in [0.15, 0.2) is 17.2 Å². The first-order valence-electron chi connectivity index (χ1n) is 7.22. The van der Waals surface area contributed by atoms with Crippen LogP contribution in [0.3, 0.4) is 0 Å². The first-order valence-corrected chi connectivity index (χ1v) is 7.22. The van der Waals surface area contributed by atoms with E-state index in [-0.39, 0.29) is 12.1 Å². The summed E-state index contributed by atoms with van der Waals surface area (Å²) in [7, 11) is 0. The van der Waals surface area contributed by atoms with Crippen LogP contribution in [-0.4, -0.2) is 27.1 Å². The van der Waals surface area contributed by atoms with Crippen molar-refractivity contribution in [3.05, 3.63) is 34.0 Å². The Morgan fingerprint density at radius 1 is 1.38 bits per heavy atom. The van der Waals surface area contributed by atoms with Gasteiger partial charge in [-0.15, -0.1) is 0 Å². The molecule has 0 aromatic carbocycles. The summed E-state index contributed by atoms with van der Waals surface area (Å²) < 4.78 is 6.14. The SMILES string of the molecule is CCOC(=O)Cn1cnc2nc3c(cc2c1=O)CCCC3. The summed E-state index contributed by atoms with van der Waals surface area (Å²) in [5.41, 5.74) is 2.39. The summed E-state index contributed by atoms with van der Waals surface area (Å²) in [5, 5.41) is 0.474. The molecule has 0 unspecified atom stereocenters. The first-order chi connectivity index (χ1) is 10.2. The summed E-state index contributed by atoms with van der Waals surface area (Å²) in [6.07, 6.45) is 5.51. The van der Waals surface area contributed by atoms with Crippen LogP contribution in [0.1, 0.15) is 31.0 Å². The molecule has 6 nitrogen and oxygen atoms in total. The fourth-order valence-corrected chi connectivity index (χ4v) is 2.67. The molecular weight excluding hydrogens is 270 g/mol. The van der Waals surface area contributed by atoms with E-state index in [1.807, 2.05) is 6.07 Å². The second-order valence-electron chi connectivity index (χ2n) is 5.16. The summed E-state index contributed by atoms with van der Waals surface area (Å²) in [4.78, 5) is 32.6. The minimum absolute atomic E-state index is 0.118. The molecule has 2 heterocycles. The molecule has 0 atom stereocenters. The Morgan fingerprint density at radius 2 is 2.19 bits per heavy atom. The predicted molar refractivity (Wildman–Crippen MR) is 77.1 cm³/mol. The second-order valence-corrected chi connectivity index (χ2v) is 5.16. The van der Waals surface area contributed by atoms with Crippen molar-refractivity contribution in [3.8, 4) is 0 Å². The van der Waals surface area contributed by atoms with Crippen LogP contribution in [0.5, 0.6) is 0 Å². The number of fused-ring (bicyclic) bond motifs is 2. The van der Waals surface area contributed by atoms with Crippen molar-refractivity contribution in [3.63, 3.8) is 0 Å². The number of hydrogen-bond donors (Lipinski definition) is 0. The number of esters is 1. The molecule has 0 bridgehead atoms. The zero-order chi connectivity index (χ0) is 14.8. The number of nitrogens with zero attached hydrogens (tertiary/aromatic N) is 3. The molecule has 0 radical (unpaired) electrons. The Labute approximate surface area is 121 Å². The third-order valence-electron chi connectivity index (χ3n) is 3.70. The lowest BCUT2D eigenvalue weighted by Gasteiger charge is -2.15. The van der Waals surface area contributed by atoms with E-state index >= 15 is 0 Å². The molecule has 2 aromatic heterocycles. The molecule has 6 heteroatoms. The summed E-state index contributed by atoms with van der Waals surface area (Å²) in [6, 6.07) is 1.88. The Balaban J connectivity index is 2.03. The number of aryl methyl sites for hydroxylation is 2. The van der Waals surface area contributed by atoms with Crippen molar-refractivity contribution in [1.29, 1.82) is 0 Å². The monoisotopic (exact) mass is 287 g/mol. The number of rotatable bonds is 3. The topological polar surface area (TPSA) is 74.1 Å². The van der Waals surface area contributed by atoms with Gasteiger partial charge in [0.15, 0.2) is 5.65 Å². The van der Waals surface area contributed by atoms with Crippen LogP contribution in [0.4, 0.5) is 0 Å². The smallest absolute Gasteiger partial charge is 0.326 e. The molecule has 3 rings (SSSR count). The highest BCUT2D eigenvalue weighted by Crippen LogP contribution is 2.21. The average Bonchev–Trinajstić information content (AvgIpc) is 2.49. The Kier molecular flexibility index (Phi) is 3.68. The molecule has 0 saturated carbocycles. The minimum Gasteiger partial charge on any atom is -0.465 e. The fraction of sp³-hybridized carbons (Fsp3) is 0.467. The van der Waals surface area contributed by atoms with Crippen molar-refractivity contribution in [2.45, 2.75) is 39.2 Å². The Morgan fingerprint density at radius 3 is 3.00 bits per heavy atom. The molecule has 1 aliphatic rings. The highest BCUT2D eigenvalue weighted by atomic mass is 16.5. The van der Waals surface area contributed by atoms with Crippen LogP contribution in [0, 0.1) is 0 Å². The maximum absolute atomic E-state index is 12.4. The molecule has 21 heavy (non-hydrogen) atoms. The Hall–Kier alpha value is -2.24. The highest BCUT2D eigenvalue weighted by molar-refractivity contribution is 5.75. The van der Waals surface area contributed by atoms with Crippen molar-refractivity contribution < 1.29 is 9.53 Å². The molecule has 0 spiro atoms. The maximum Gasteiger partial charge on any atom is 0.326 e. The van der Waals surface area contributed by atoms with Crippen LogP contribution in [0.2, 0.25) is 0 Å². The van der Waals surface area contributed by atoms with Gasteiger partial charge < -0.3 is 4.74 Å². The number of aromatic nitrogens is 3. The van der Waals surface area contributed by atoms with Crippen LogP contribution in [0.25, 0.3) is 11.0 Å². The number of ether oxygens (including phenoxy) is 1. The molecule has 110 valence electrons. The summed E-state index contributed by atoms with van der Waals surface area (Å²) in [6.45, 7) is 1.91. The van der Waals surface area contributed by atoms with E-state index in [1.54, 1.807) is 6.92 Å². The van der Waals surface area contributed by atoms with Gasteiger partial charge in [0.1, 0.15) is 12.9 Å². The number of carbonyl (C=O) groups is 1. The predicted octanol–water partition coefficient (Wildman–Crippen LogP) is 1.23. The van der Waals surface area contributed by atoms with Gasteiger partial charge in [-0.05, 0) is 44.2 Å². The van der Waals surface area contributed by atoms with Gasteiger partial charge in [0, 0.05) is 5.69 Å². The largest absolute Gasteiger partial charge is 0.465 e. The van der Waals surface area contributed by atoms with Crippen LogP contribution in [-0.2, 0) is 28.9 Å². The van der Waals surface area contributed by atoms with Gasteiger partial charge in [-0.3, -0.25) is 14.2 Å². The summed E-state index contributed by atoms with van der Waals surface area (Å²) >= 11 is 0. The number of carbonyl (C=O) groups excluding carboxylic acids is 1. The van der Waals surface area contributed by atoms with Gasteiger partial charge in [-0.25, -0.2) is 9.97 Å². The molecule has 2 aromatic rings. The maximum atomic E-state index is 12.4. The Bertz CT molecular complexity index is 752. The molecule has 0 N–H and O–H groups in total. The second kappa shape index (κ2) is 5.63. The van der Waals surface area contributed by atoms with E-state index in [2.05, 4.69) is 9.97 Å². The van der Waals surface area contributed by atoms with E-state index < -0.39 is 5.97 Å². The van der Waals surface area contributed by atoms with Gasteiger partial charge >= 0.3 is 5.97 Å². The van der Waals surface area contributed by atoms with E-state index in [0.717, 1.165) is 36.9 Å². The van der Waals surface area contributed by atoms with Crippen LogP contribution >= 0.6 is 0 Å². The average molecular weight is 287 g/mol. The van der Waals surface area contributed by atoms with Gasteiger partial charge in [0.25, 0.3) is 5.56 Å². The van der Waals surface area contributed by atoms with Crippen molar-refractivity contribution >= 4 is 17.0 Å². The molecule has 0 fully saturated rings. The lowest BCUT2D eigenvalue weighted by Crippen LogP contribution is -2.26. The zero-order valence-electron chi connectivity index (χ0n) is 12.0. The quantitative estimate of drug-likeness (QED) is 0.794. The third kappa shape index (κ3) is 2.66. The van der Waals surface area contributed by atoms with Crippen molar-refractivity contribution in [2.75, 3.05) is 6.61 Å². The lowest BCUT2D eigenvalue weighted by molar-refractivity contribution is -0.143. The van der Waals surface area contributed by atoms with Gasteiger partial charge in [0.2, 0.25) is 0 Å². The van der Waals surface area contributed by atoms with Gasteiger partial charge in [-0.1, -0.05) is 0 Å². The minimum atomic E-state index is -0.438. The molecule has 0 amide bonds. The lowest BCUT2D eigenvalue weighted by atomic mass is 9.95. The number of hydrogen-bond acceptors (Lipinski definition) is 5. The highest BCUT2D eigenvalue weighted by Gasteiger charge is 2.15. The van der Waals surface area contributed by atoms with E-state index in [1.165, 1.54) is 10.9 Å². The number of pyridine rings is 1. The van der Waals surface area contributed by atoms with Crippen molar-refractivity contribution in [2.24, 2.45) is 0 Å². The first kappa shape index (κ1) is 13.7. The van der Waals surface area contributed by atoms with Gasteiger partial charge in [0.05, 0.1) is 12.0 Å². The van der Waals surface area contributed by atoms with Crippen LogP contribution < -0.4 is 5.56 Å². The zero-order valence-corrected chi connectivity index (χ0v) is 12.0. The third-order valence-corrected chi connectivity index (χ3v) is 3.70. The molecular formula is C15H17N3O3. The summed E-state index contributed by atoms with van der Waals surface area (Å²) in [5.74, 6) is -0.438. The standard InChI is InChI=1S/C15H17N3O3/c1-2-21-13(19)8-18-9-16-14-11(15(18)20)7-10-5-3-4-6-12(10)17-14/h7,9H,2-6,8H2,1H3. The fourth-order valence-electron chi connectivity index (χ4n) is 2.67. The molecule has 0 aliphatic heterocycles. The van der Waals surface area contributed by atoms with E-state index in [0.29, 0.717) is 17.6 Å². The van der Waals surface area contributed by atoms with Gasteiger partial charge in [-0.2, -0.15) is 0 Å². The van der Waals surface area contributed by atoms with E-state index in [9.17, 15) is 9.59 Å². The molecule has 0 saturated heterocycles. The van der Waals surface area contributed by atoms with Crippen molar-refractivity contribution in [1.82, 2.24) is 14.5 Å².